The highest BCUT2D eigenvalue weighted by molar-refractivity contribution is 6.25. The van der Waals surface area contributed by atoms with Gasteiger partial charge in [-0.3, -0.25) is 10.1 Å². The molecule has 3 rings (SSSR count). The highest BCUT2D eigenvalue weighted by atomic mass is 16.5. The highest BCUT2D eigenvalue weighted by Crippen LogP contribution is 2.54. The summed E-state index contributed by atoms with van der Waals surface area (Å²) >= 11 is 0. The van der Waals surface area contributed by atoms with Crippen LogP contribution in [0, 0.1) is 26.2 Å². The molecule has 0 saturated carbocycles. The van der Waals surface area contributed by atoms with Crippen molar-refractivity contribution in [3.8, 4) is 0 Å². The maximum Gasteiger partial charge on any atom is 0.340 e. The van der Waals surface area contributed by atoms with Gasteiger partial charge >= 0.3 is 17.9 Å². The van der Waals surface area contributed by atoms with E-state index in [1.807, 2.05) is 25.3 Å². The van der Waals surface area contributed by atoms with E-state index in [9.17, 15) is 14.4 Å². The molecular formula is C20H26N2O6. The molecule has 2 aliphatic rings. The average Bonchev–Trinajstić information content (AvgIpc) is 2.94. The molecule has 1 aromatic heterocycles. The molecule has 152 valence electrons. The number of hydrogen-bond acceptors (Lipinski definition) is 7. The Labute approximate surface area is 163 Å². The summed E-state index contributed by atoms with van der Waals surface area (Å²) in [5.41, 5.74) is 1.98. The Morgan fingerprint density at radius 3 is 2.21 bits per heavy atom. The summed E-state index contributed by atoms with van der Waals surface area (Å²) < 4.78 is 17.1. The second-order valence-corrected chi connectivity index (χ2v) is 7.21. The van der Waals surface area contributed by atoms with Crippen LogP contribution in [0.4, 0.5) is 0 Å². The van der Waals surface area contributed by atoms with Crippen molar-refractivity contribution in [2.45, 2.75) is 39.8 Å². The van der Waals surface area contributed by atoms with Crippen molar-refractivity contribution >= 4 is 23.5 Å². The molecule has 0 aromatic carbocycles. The van der Waals surface area contributed by atoms with Crippen LogP contribution in [0.5, 0.6) is 0 Å². The van der Waals surface area contributed by atoms with E-state index >= 15 is 0 Å². The maximum absolute atomic E-state index is 13.2. The molecule has 1 saturated heterocycles. The third kappa shape index (κ3) is 2.44. The van der Waals surface area contributed by atoms with Gasteiger partial charge in [-0.25, -0.2) is 9.59 Å². The lowest BCUT2D eigenvalue weighted by atomic mass is 9.67. The van der Waals surface area contributed by atoms with Gasteiger partial charge in [-0.2, -0.15) is 0 Å². The number of piperidine rings is 1. The number of esters is 3. The van der Waals surface area contributed by atoms with E-state index in [0.717, 1.165) is 16.8 Å². The number of fused-ring (bicyclic) bond motifs is 3. The van der Waals surface area contributed by atoms with Gasteiger partial charge in [-0.1, -0.05) is 0 Å². The van der Waals surface area contributed by atoms with Crippen LogP contribution in [0.15, 0.2) is 5.57 Å². The zero-order chi connectivity index (χ0) is 20.8. The van der Waals surface area contributed by atoms with Gasteiger partial charge in [-0.05, 0) is 51.3 Å². The molecule has 0 amide bonds. The first-order valence-electron chi connectivity index (χ1n) is 9.19. The number of methoxy groups -OCH3 is 3. The summed E-state index contributed by atoms with van der Waals surface area (Å²) in [7, 11) is 3.77. The molecule has 28 heavy (non-hydrogen) atoms. The minimum Gasteiger partial charge on any atom is -0.468 e. The predicted octanol–water partition coefficient (Wildman–Crippen LogP) is 1.57. The standard InChI is InChI=1S/C20H26N2O6/c1-10-11(2)15-13(16(23)26-4)14(17(24)27-5)20(19(25)28-6)8-7-9-21-18(20)22(15)12(10)3/h18,21H,7-9H2,1-6H3/t18-,20-/m1/s1. The molecule has 0 bridgehead atoms. The van der Waals surface area contributed by atoms with Crippen molar-refractivity contribution in [1.82, 2.24) is 9.88 Å². The van der Waals surface area contributed by atoms with Gasteiger partial charge < -0.3 is 18.8 Å². The van der Waals surface area contributed by atoms with Crippen molar-refractivity contribution in [2.75, 3.05) is 27.9 Å². The number of aromatic nitrogens is 1. The topological polar surface area (TPSA) is 95.9 Å². The van der Waals surface area contributed by atoms with Gasteiger partial charge in [0.15, 0.2) is 0 Å². The van der Waals surface area contributed by atoms with Gasteiger partial charge in [0.05, 0.1) is 38.2 Å². The van der Waals surface area contributed by atoms with Gasteiger partial charge in [-0.15, -0.1) is 0 Å². The van der Waals surface area contributed by atoms with Crippen LogP contribution in [-0.2, 0) is 28.6 Å². The molecule has 2 aliphatic heterocycles. The lowest BCUT2D eigenvalue weighted by Gasteiger charge is -2.47. The molecule has 1 N–H and O–H groups in total. The zero-order valence-corrected chi connectivity index (χ0v) is 17.1. The number of carbonyl (C=O) groups excluding carboxylic acids is 3. The van der Waals surface area contributed by atoms with Gasteiger partial charge in [0.1, 0.15) is 11.6 Å². The normalized spacial score (nSPS) is 23.6. The van der Waals surface area contributed by atoms with E-state index in [4.69, 9.17) is 14.2 Å². The first kappa shape index (κ1) is 20.1. The van der Waals surface area contributed by atoms with Crippen molar-refractivity contribution in [1.29, 1.82) is 0 Å². The molecule has 0 radical (unpaired) electrons. The van der Waals surface area contributed by atoms with Gasteiger partial charge in [0, 0.05) is 5.69 Å². The fourth-order valence-corrected chi connectivity index (χ4v) is 4.63. The molecule has 0 spiro atoms. The minimum absolute atomic E-state index is 0.000926. The fourth-order valence-electron chi connectivity index (χ4n) is 4.63. The first-order valence-corrected chi connectivity index (χ1v) is 9.19. The molecule has 8 nitrogen and oxygen atoms in total. The van der Waals surface area contributed by atoms with E-state index in [0.29, 0.717) is 25.1 Å². The Kier molecular flexibility index (Phi) is 5.10. The van der Waals surface area contributed by atoms with E-state index in [2.05, 4.69) is 5.32 Å². The molecule has 8 heteroatoms. The summed E-state index contributed by atoms with van der Waals surface area (Å²) in [6, 6.07) is 0. The third-order valence-electron chi connectivity index (χ3n) is 6.13. The Balaban J connectivity index is 2.53. The molecule has 1 aromatic rings. The molecule has 0 unspecified atom stereocenters. The molecule has 3 heterocycles. The van der Waals surface area contributed by atoms with Crippen molar-refractivity contribution < 1.29 is 28.6 Å². The molecule has 2 atom stereocenters. The first-order chi connectivity index (χ1) is 13.3. The van der Waals surface area contributed by atoms with Gasteiger partial charge in [0.2, 0.25) is 0 Å². The number of carbonyl (C=O) groups is 3. The summed E-state index contributed by atoms with van der Waals surface area (Å²) in [6.45, 7) is 6.44. The van der Waals surface area contributed by atoms with Crippen LogP contribution in [0.2, 0.25) is 0 Å². The van der Waals surface area contributed by atoms with Crippen LogP contribution in [0.25, 0.3) is 5.57 Å². The predicted molar refractivity (Wildman–Crippen MR) is 100 cm³/mol. The van der Waals surface area contributed by atoms with Crippen LogP contribution in [-0.4, -0.2) is 50.3 Å². The highest BCUT2D eigenvalue weighted by Gasteiger charge is 2.60. The number of rotatable bonds is 3. The average molecular weight is 390 g/mol. The number of nitrogens with one attached hydrogen (secondary N) is 1. The Hall–Kier alpha value is -2.61. The third-order valence-corrected chi connectivity index (χ3v) is 6.13. The number of ether oxygens (including phenoxy) is 3. The van der Waals surface area contributed by atoms with E-state index in [-0.39, 0.29) is 11.1 Å². The Morgan fingerprint density at radius 1 is 1.00 bits per heavy atom. The van der Waals surface area contributed by atoms with Crippen LogP contribution in [0.3, 0.4) is 0 Å². The van der Waals surface area contributed by atoms with E-state index in [1.54, 1.807) is 0 Å². The number of nitrogens with zero attached hydrogens (tertiary/aromatic N) is 1. The SMILES string of the molecule is COC(=O)C1=C(C(=O)OC)[C@]2(C(=O)OC)CCCN[C@@H]2n2c(C)c(C)c(C)c21. The van der Waals surface area contributed by atoms with Crippen LogP contribution >= 0.6 is 0 Å². The quantitative estimate of drug-likeness (QED) is 0.618. The van der Waals surface area contributed by atoms with Crippen LogP contribution < -0.4 is 5.32 Å². The Bertz CT molecular complexity index is 897. The molecular weight excluding hydrogens is 364 g/mol. The van der Waals surface area contributed by atoms with E-state index in [1.165, 1.54) is 21.3 Å². The number of hydrogen-bond donors (Lipinski definition) is 1. The second kappa shape index (κ2) is 7.09. The summed E-state index contributed by atoms with van der Waals surface area (Å²) in [4.78, 5) is 39.0. The Morgan fingerprint density at radius 2 is 1.64 bits per heavy atom. The van der Waals surface area contributed by atoms with Crippen molar-refractivity contribution in [3.05, 3.63) is 28.1 Å². The molecule has 0 aliphatic carbocycles. The van der Waals surface area contributed by atoms with E-state index < -0.39 is 29.5 Å². The summed E-state index contributed by atoms with van der Waals surface area (Å²) in [6.07, 6.45) is 0.407. The summed E-state index contributed by atoms with van der Waals surface area (Å²) in [5.74, 6) is -2.00. The maximum atomic E-state index is 13.2. The zero-order valence-electron chi connectivity index (χ0n) is 17.1. The van der Waals surface area contributed by atoms with Crippen LogP contribution in [0.1, 0.15) is 41.5 Å². The van der Waals surface area contributed by atoms with Crippen molar-refractivity contribution in [2.24, 2.45) is 5.41 Å². The monoisotopic (exact) mass is 390 g/mol. The summed E-state index contributed by atoms with van der Waals surface area (Å²) in [5, 5.41) is 3.37. The minimum atomic E-state index is -1.39. The lowest BCUT2D eigenvalue weighted by molar-refractivity contribution is -0.159. The molecule has 1 fully saturated rings. The second-order valence-electron chi connectivity index (χ2n) is 7.21. The fraction of sp³-hybridized carbons (Fsp3) is 0.550. The van der Waals surface area contributed by atoms with Crippen molar-refractivity contribution in [3.63, 3.8) is 0 Å². The smallest absolute Gasteiger partial charge is 0.340 e. The van der Waals surface area contributed by atoms with Gasteiger partial charge in [0.25, 0.3) is 0 Å². The largest absolute Gasteiger partial charge is 0.468 e. The lowest BCUT2D eigenvalue weighted by Crippen LogP contribution is -2.56.